The van der Waals surface area contributed by atoms with Gasteiger partial charge in [0.25, 0.3) is 0 Å². The molecule has 1 amide bonds. The summed E-state index contributed by atoms with van der Waals surface area (Å²) in [6.45, 7) is 0. The van der Waals surface area contributed by atoms with Gasteiger partial charge in [0.15, 0.2) is 0 Å². The van der Waals surface area contributed by atoms with E-state index in [1.807, 2.05) is 54.6 Å². The molecule has 0 spiro atoms. The summed E-state index contributed by atoms with van der Waals surface area (Å²) in [6, 6.07) is 16.5. The van der Waals surface area contributed by atoms with Crippen molar-refractivity contribution in [2.75, 3.05) is 24.0 Å². The van der Waals surface area contributed by atoms with E-state index in [4.69, 9.17) is 0 Å². The Morgan fingerprint density at radius 2 is 1.59 bits per heavy atom. The molecule has 0 aromatic heterocycles. The lowest BCUT2D eigenvalue weighted by Crippen LogP contribution is -2.44. The molecule has 0 radical (unpaired) electrons. The van der Waals surface area contributed by atoms with Gasteiger partial charge in [-0.1, -0.05) is 48.5 Å². The van der Waals surface area contributed by atoms with Crippen LogP contribution >= 0.6 is 0 Å². The Morgan fingerprint density at radius 3 is 2.23 bits per heavy atom. The first-order valence-corrected chi connectivity index (χ1v) is 9.03. The number of hydrogen-bond donors (Lipinski definition) is 0. The van der Waals surface area contributed by atoms with E-state index in [-0.39, 0.29) is 11.7 Å². The van der Waals surface area contributed by atoms with Crippen molar-refractivity contribution in [1.82, 2.24) is 0 Å². The Bertz CT molecular complexity index is 830. The fraction of sp³-hybridized carbons (Fsp3) is 0.235. The maximum absolute atomic E-state index is 13.0. The summed E-state index contributed by atoms with van der Waals surface area (Å²) in [5.41, 5.74) is 1.06. The first-order valence-electron chi connectivity index (χ1n) is 6.97. The second-order valence-corrected chi connectivity index (χ2v) is 7.86. The Hall–Kier alpha value is -2.14. The molecule has 0 unspecified atom stereocenters. The van der Waals surface area contributed by atoms with E-state index in [0.29, 0.717) is 5.56 Å². The summed E-state index contributed by atoms with van der Waals surface area (Å²) < 4.78 is 24.1. The van der Waals surface area contributed by atoms with Crippen LogP contribution in [0.2, 0.25) is 0 Å². The fourth-order valence-electron chi connectivity index (χ4n) is 3.26. The number of carbonyl (C=O) groups is 1. The fourth-order valence-corrected chi connectivity index (χ4v) is 4.49. The Morgan fingerprint density at radius 1 is 1.00 bits per heavy atom. The third-order valence-corrected chi connectivity index (χ3v) is 5.10. The number of anilines is 1. The molecule has 1 aliphatic rings. The van der Waals surface area contributed by atoms with Crippen LogP contribution in [0.3, 0.4) is 0 Å². The number of sulfone groups is 1. The van der Waals surface area contributed by atoms with Gasteiger partial charge in [-0.2, -0.15) is 0 Å². The van der Waals surface area contributed by atoms with Crippen molar-refractivity contribution >= 4 is 21.4 Å². The number of amides is 1. The van der Waals surface area contributed by atoms with Crippen molar-refractivity contribution in [3.8, 4) is 0 Å². The largest absolute Gasteiger partial charge is 0.314 e. The Labute approximate surface area is 130 Å². The molecule has 1 atom stereocenters. The Kier molecular flexibility index (Phi) is 3.33. The highest BCUT2D eigenvalue weighted by Gasteiger charge is 2.52. The molecule has 2 aromatic rings. The molecule has 1 heterocycles. The van der Waals surface area contributed by atoms with Gasteiger partial charge < -0.3 is 4.90 Å². The minimum absolute atomic E-state index is 0.203. The molecule has 0 aliphatic carbocycles. The molecule has 0 bridgehead atoms. The van der Waals surface area contributed by atoms with Crippen molar-refractivity contribution in [2.45, 2.75) is 5.41 Å². The summed E-state index contributed by atoms with van der Waals surface area (Å²) >= 11 is 0. The van der Waals surface area contributed by atoms with Crippen LogP contribution in [0.25, 0.3) is 0 Å². The monoisotopic (exact) mass is 315 g/mol. The van der Waals surface area contributed by atoms with Crippen LogP contribution in [-0.4, -0.2) is 33.4 Å². The minimum Gasteiger partial charge on any atom is -0.314 e. The first-order chi connectivity index (χ1) is 10.4. The van der Waals surface area contributed by atoms with Gasteiger partial charge in [-0.3, -0.25) is 4.79 Å². The molecule has 3 rings (SSSR count). The van der Waals surface area contributed by atoms with Crippen LogP contribution in [0, 0.1) is 0 Å². The average Bonchev–Trinajstić information content (AvgIpc) is 2.70. The molecule has 0 fully saturated rings. The number of para-hydroxylation sites is 1. The van der Waals surface area contributed by atoms with Crippen LogP contribution in [0.1, 0.15) is 11.1 Å². The van der Waals surface area contributed by atoms with E-state index >= 15 is 0 Å². The second-order valence-electron chi connectivity index (χ2n) is 5.72. The predicted molar refractivity (Wildman–Crippen MR) is 86.8 cm³/mol. The van der Waals surface area contributed by atoms with Crippen LogP contribution in [0.5, 0.6) is 0 Å². The number of likely N-dealkylation sites (N-methyl/N-ethyl adjacent to an activating group) is 1. The summed E-state index contributed by atoms with van der Waals surface area (Å²) in [7, 11) is -1.67. The van der Waals surface area contributed by atoms with Gasteiger partial charge in [-0.15, -0.1) is 0 Å². The van der Waals surface area contributed by atoms with Gasteiger partial charge in [0.1, 0.15) is 15.3 Å². The topological polar surface area (TPSA) is 54.5 Å². The first kappa shape index (κ1) is 14.8. The number of hydrogen-bond acceptors (Lipinski definition) is 3. The van der Waals surface area contributed by atoms with E-state index in [1.54, 1.807) is 11.9 Å². The van der Waals surface area contributed by atoms with Gasteiger partial charge in [-0.05, 0) is 17.2 Å². The number of carbonyl (C=O) groups excluding carboxylic acids is 1. The van der Waals surface area contributed by atoms with Crippen molar-refractivity contribution in [3.63, 3.8) is 0 Å². The molecule has 114 valence electrons. The van der Waals surface area contributed by atoms with Gasteiger partial charge in [0.2, 0.25) is 5.91 Å². The summed E-state index contributed by atoms with van der Waals surface area (Å²) in [5.74, 6) is -0.435. The lowest BCUT2D eigenvalue weighted by Gasteiger charge is -2.28. The van der Waals surface area contributed by atoms with Gasteiger partial charge in [0, 0.05) is 19.0 Å². The van der Waals surface area contributed by atoms with Crippen molar-refractivity contribution < 1.29 is 13.2 Å². The van der Waals surface area contributed by atoms with Crippen LogP contribution in [0.15, 0.2) is 54.6 Å². The van der Waals surface area contributed by atoms with E-state index in [9.17, 15) is 13.2 Å². The summed E-state index contributed by atoms with van der Waals surface area (Å²) in [4.78, 5) is 14.6. The minimum atomic E-state index is -3.36. The van der Waals surface area contributed by atoms with Gasteiger partial charge >= 0.3 is 0 Å². The highest BCUT2D eigenvalue weighted by molar-refractivity contribution is 7.90. The lowest BCUT2D eigenvalue weighted by molar-refractivity contribution is -0.121. The normalized spacial score (nSPS) is 21.0. The zero-order valence-corrected chi connectivity index (χ0v) is 13.3. The van der Waals surface area contributed by atoms with Crippen LogP contribution in [0.4, 0.5) is 5.69 Å². The molecule has 1 aliphatic heterocycles. The summed E-state index contributed by atoms with van der Waals surface area (Å²) in [6.07, 6.45) is 1.17. The SMILES string of the molecule is CN1C(=O)[C@@](CS(C)(=O)=O)(c2ccccc2)c2ccccc21. The van der Waals surface area contributed by atoms with Crippen LogP contribution in [-0.2, 0) is 20.0 Å². The molecule has 4 nitrogen and oxygen atoms in total. The highest BCUT2D eigenvalue weighted by atomic mass is 32.2. The molecule has 2 aromatic carbocycles. The molecule has 22 heavy (non-hydrogen) atoms. The molecule has 0 saturated heterocycles. The lowest BCUT2D eigenvalue weighted by atomic mass is 9.77. The quantitative estimate of drug-likeness (QED) is 0.870. The smallest absolute Gasteiger partial charge is 0.242 e. The number of nitrogens with zero attached hydrogens (tertiary/aromatic N) is 1. The Balaban J connectivity index is 2.34. The number of fused-ring (bicyclic) bond motifs is 1. The molecular formula is C17H17NO3S. The summed E-state index contributed by atoms with van der Waals surface area (Å²) in [5, 5.41) is 0. The maximum Gasteiger partial charge on any atom is 0.242 e. The number of rotatable bonds is 3. The molecule has 0 N–H and O–H groups in total. The predicted octanol–water partition coefficient (Wildman–Crippen LogP) is 1.99. The van der Waals surface area contributed by atoms with Gasteiger partial charge in [-0.25, -0.2) is 8.42 Å². The van der Waals surface area contributed by atoms with E-state index < -0.39 is 15.3 Å². The van der Waals surface area contributed by atoms with E-state index in [1.165, 1.54) is 6.26 Å². The third-order valence-electron chi connectivity index (χ3n) is 4.14. The van der Waals surface area contributed by atoms with Crippen LogP contribution < -0.4 is 4.90 Å². The molecular weight excluding hydrogens is 298 g/mol. The highest BCUT2D eigenvalue weighted by Crippen LogP contribution is 2.46. The van der Waals surface area contributed by atoms with E-state index in [2.05, 4.69) is 0 Å². The zero-order chi connectivity index (χ0) is 16.0. The second kappa shape index (κ2) is 4.95. The zero-order valence-electron chi connectivity index (χ0n) is 12.5. The van der Waals surface area contributed by atoms with Crippen molar-refractivity contribution in [2.24, 2.45) is 0 Å². The third kappa shape index (κ3) is 2.13. The van der Waals surface area contributed by atoms with Crippen molar-refractivity contribution in [1.29, 1.82) is 0 Å². The van der Waals surface area contributed by atoms with Crippen molar-refractivity contribution in [3.05, 3.63) is 65.7 Å². The standard InChI is InChI=1S/C17H17NO3S/c1-18-15-11-7-6-10-14(15)17(16(18)19,12-22(2,20)21)13-8-4-3-5-9-13/h3-11H,12H2,1-2H3/t17-/m0/s1. The van der Waals surface area contributed by atoms with Gasteiger partial charge in [0.05, 0.1) is 5.75 Å². The average molecular weight is 315 g/mol. The number of benzene rings is 2. The molecule has 5 heteroatoms. The maximum atomic E-state index is 13.0. The van der Waals surface area contributed by atoms with E-state index in [0.717, 1.165) is 11.3 Å². The molecule has 0 saturated carbocycles.